The minimum atomic E-state index is -0.303. The van der Waals surface area contributed by atoms with Crippen molar-refractivity contribution in [2.75, 3.05) is 33.3 Å². The molecule has 0 bridgehead atoms. The van der Waals surface area contributed by atoms with E-state index in [0.717, 1.165) is 0 Å². The Balaban J connectivity index is 1.96. The van der Waals surface area contributed by atoms with E-state index in [-0.39, 0.29) is 23.7 Å². The van der Waals surface area contributed by atoms with Gasteiger partial charge in [-0.2, -0.15) is 0 Å². The third-order valence-corrected chi connectivity index (χ3v) is 4.24. The molecule has 1 aromatic rings. The molecule has 1 aliphatic heterocycles. The number of aryl methyl sites for hydroxylation is 1. The highest BCUT2D eigenvalue weighted by Crippen LogP contribution is 2.16. The van der Waals surface area contributed by atoms with Gasteiger partial charge in [0.25, 0.3) is 5.91 Å². The maximum absolute atomic E-state index is 13.3. The summed E-state index contributed by atoms with van der Waals surface area (Å²) < 4.78 is 18.0. The molecule has 1 aliphatic rings. The van der Waals surface area contributed by atoms with E-state index >= 15 is 0 Å². The van der Waals surface area contributed by atoms with Crippen molar-refractivity contribution in [3.63, 3.8) is 0 Å². The van der Waals surface area contributed by atoms with Crippen molar-refractivity contribution in [1.29, 1.82) is 0 Å². The summed E-state index contributed by atoms with van der Waals surface area (Å²) >= 11 is 0. The number of ether oxygens (including phenoxy) is 1. The smallest absolute Gasteiger partial charge is 0.306 e. The maximum atomic E-state index is 13.3. The van der Waals surface area contributed by atoms with Crippen LogP contribution >= 0.6 is 0 Å². The van der Waals surface area contributed by atoms with E-state index in [0.29, 0.717) is 43.7 Å². The SMILES string of the molecule is COC(=O)CCN1CCN(C(=O)c2ccc(F)c(C)c2)C(C)C1. The van der Waals surface area contributed by atoms with E-state index in [2.05, 4.69) is 9.64 Å². The minimum Gasteiger partial charge on any atom is -0.469 e. The van der Waals surface area contributed by atoms with Gasteiger partial charge in [0.15, 0.2) is 0 Å². The van der Waals surface area contributed by atoms with Gasteiger partial charge in [0.2, 0.25) is 0 Å². The molecule has 23 heavy (non-hydrogen) atoms. The maximum Gasteiger partial charge on any atom is 0.306 e. The second-order valence-corrected chi connectivity index (χ2v) is 5.94. The van der Waals surface area contributed by atoms with Gasteiger partial charge >= 0.3 is 5.97 Å². The quantitative estimate of drug-likeness (QED) is 0.794. The molecule has 5 nitrogen and oxygen atoms in total. The van der Waals surface area contributed by atoms with Gasteiger partial charge in [-0.05, 0) is 37.6 Å². The third-order valence-electron chi connectivity index (χ3n) is 4.24. The number of amides is 1. The minimum absolute atomic E-state index is 0.0410. The van der Waals surface area contributed by atoms with Crippen molar-refractivity contribution in [2.24, 2.45) is 0 Å². The summed E-state index contributed by atoms with van der Waals surface area (Å²) in [5, 5.41) is 0. The first kappa shape index (κ1) is 17.4. The van der Waals surface area contributed by atoms with Crippen molar-refractivity contribution < 1.29 is 18.7 Å². The summed E-state index contributed by atoms with van der Waals surface area (Å²) in [5.74, 6) is -0.603. The van der Waals surface area contributed by atoms with E-state index in [1.807, 2.05) is 6.92 Å². The molecule has 126 valence electrons. The molecule has 0 spiro atoms. The first-order chi connectivity index (χ1) is 10.9. The highest BCUT2D eigenvalue weighted by Gasteiger charge is 2.28. The van der Waals surface area contributed by atoms with Gasteiger partial charge in [0.1, 0.15) is 5.82 Å². The van der Waals surface area contributed by atoms with E-state index in [4.69, 9.17) is 0 Å². The predicted molar refractivity (Wildman–Crippen MR) is 84.7 cm³/mol. The van der Waals surface area contributed by atoms with Crippen LogP contribution in [0.1, 0.15) is 29.3 Å². The summed E-state index contributed by atoms with van der Waals surface area (Å²) in [4.78, 5) is 27.8. The molecule has 2 rings (SSSR count). The highest BCUT2D eigenvalue weighted by atomic mass is 19.1. The summed E-state index contributed by atoms with van der Waals surface area (Å²) in [6.45, 7) is 6.29. The lowest BCUT2D eigenvalue weighted by Gasteiger charge is -2.39. The average Bonchev–Trinajstić information content (AvgIpc) is 2.54. The number of hydrogen-bond acceptors (Lipinski definition) is 4. The third kappa shape index (κ3) is 4.28. The molecule has 1 saturated heterocycles. The number of benzene rings is 1. The number of rotatable bonds is 4. The molecule has 0 N–H and O–H groups in total. The van der Waals surface area contributed by atoms with E-state index < -0.39 is 0 Å². The van der Waals surface area contributed by atoms with Gasteiger partial charge in [-0.15, -0.1) is 0 Å². The van der Waals surface area contributed by atoms with Crippen LogP contribution in [0.3, 0.4) is 0 Å². The number of halogens is 1. The van der Waals surface area contributed by atoms with Crippen molar-refractivity contribution >= 4 is 11.9 Å². The standard InChI is InChI=1S/C17H23FN2O3/c1-12-10-14(4-5-15(12)18)17(22)20-9-8-19(11-13(20)2)7-6-16(21)23-3/h4-5,10,13H,6-9,11H2,1-3H3. The van der Waals surface area contributed by atoms with Gasteiger partial charge in [-0.25, -0.2) is 4.39 Å². The number of nitrogens with zero attached hydrogens (tertiary/aromatic N) is 2. The van der Waals surface area contributed by atoms with Crippen LogP contribution in [0.25, 0.3) is 0 Å². The van der Waals surface area contributed by atoms with E-state index in [1.54, 1.807) is 17.9 Å². The Bertz CT molecular complexity index is 591. The van der Waals surface area contributed by atoms with Crippen LogP contribution in [-0.2, 0) is 9.53 Å². The average molecular weight is 322 g/mol. The fraction of sp³-hybridized carbons (Fsp3) is 0.529. The molecule has 0 radical (unpaired) electrons. The zero-order chi connectivity index (χ0) is 17.0. The van der Waals surface area contributed by atoms with Crippen LogP contribution in [0.5, 0.6) is 0 Å². The van der Waals surface area contributed by atoms with Crippen LogP contribution < -0.4 is 0 Å². The van der Waals surface area contributed by atoms with Crippen molar-refractivity contribution in [3.05, 3.63) is 35.1 Å². The molecule has 1 amide bonds. The van der Waals surface area contributed by atoms with Crippen molar-refractivity contribution in [2.45, 2.75) is 26.3 Å². The van der Waals surface area contributed by atoms with Crippen LogP contribution in [-0.4, -0.2) is 61.0 Å². The van der Waals surface area contributed by atoms with Crippen molar-refractivity contribution in [3.8, 4) is 0 Å². The lowest BCUT2D eigenvalue weighted by atomic mass is 10.1. The first-order valence-corrected chi connectivity index (χ1v) is 7.78. The molecular weight excluding hydrogens is 299 g/mol. The number of methoxy groups -OCH3 is 1. The zero-order valence-corrected chi connectivity index (χ0v) is 13.8. The Morgan fingerprint density at radius 2 is 2.09 bits per heavy atom. The number of esters is 1. The van der Waals surface area contributed by atoms with Gasteiger partial charge in [0.05, 0.1) is 13.5 Å². The Hall–Kier alpha value is -1.95. The van der Waals surface area contributed by atoms with Crippen LogP contribution in [0.2, 0.25) is 0 Å². The fourth-order valence-electron chi connectivity index (χ4n) is 2.83. The highest BCUT2D eigenvalue weighted by molar-refractivity contribution is 5.94. The molecule has 1 fully saturated rings. The van der Waals surface area contributed by atoms with Gasteiger partial charge in [-0.3, -0.25) is 14.5 Å². The lowest BCUT2D eigenvalue weighted by molar-refractivity contribution is -0.141. The number of hydrogen-bond donors (Lipinski definition) is 0. The predicted octanol–water partition coefficient (Wildman–Crippen LogP) is 1.84. The zero-order valence-electron chi connectivity index (χ0n) is 13.8. The number of carbonyl (C=O) groups excluding carboxylic acids is 2. The molecule has 0 aromatic heterocycles. The van der Waals surface area contributed by atoms with Crippen LogP contribution in [0, 0.1) is 12.7 Å². The van der Waals surface area contributed by atoms with Crippen LogP contribution in [0.15, 0.2) is 18.2 Å². The van der Waals surface area contributed by atoms with E-state index in [9.17, 15) is 14.0 Å². The summed E-state index contributed by atoms with van der Waals surface area (Å²) in [6, 6.07) is 4.49. The fourth-order valence-corrected chi connectivity index (χ4v) is 2.83. The molecule has 0 saturated carbocycles. The molecule has 1 heterocycles. The normalized spacial score (nSPS) is 18.8. The lowest BCUT2D eigenvalue weighted by Crippen LogP contribution is -2.54. The second kappa shape index (κ2) is 7.55. The van der Waals surface area contributed by atoms with Gasteiger partial charge in [0, 0.05) is 37.8 Å². The molecule has 6 heteroatoms. The molecule has 1 unspecified atom stereocenters. The van der Waals surface area contributed by atoms with Gasteiger partial charge < -0.3 is 9.64 Å². The molecule has 1 atom stereocenters. The Morgan fingerprint density at radius 3 is 2.70 bits per heavy atom. The Kier molecular flexibility index (Phi) is 5.71. The van der Waals surface area contributed by atoms with Crippen molar-refractivity contribution in [1.82, 2.24) is 9.80 Å². The molecule has 1 aromatic carbocycles. The molecular formula is C17H23FN2O3. The second-order valence-electron chi connectivity index (χ2n) is 5.94. The number of carbonyl (C=O) groups is 2. The van der Waals surface area contributed by atoms with E-state index in [1.165, 1.54) is 19.2 Å². The Labute approximate surface area is 136 Å². The van der Waals surface area contributed by atoms with Crippen LogP contribution in [0.4, 0.5) is 4.39 Å². The monoisotopic (exact) mass is 322 g/mol. The first-order valence-electron chi connectivity index (χ1n) is 7.78. The molecule has 0 aliphatic carbocycles. The Morgan fingerprint density at radius 1 is 1.35 bits per heavy atom. The summed E-state index contributed by atoms with van der Waals surface area (Å²) in [6.07, 6.45) is 0.355. The largest absolute Gasteiger partial charge is 0.469 e. The van der Waals surface area contributed by atoms with Gasteiger partial charge in [-0.1, -0.05) is 0 Å². The summed E-state index contributed by atoms with van der Waals surface area (Å²) in [7, 11) is 1.38. The summed E-state index contributed by atoms with van der Waals surface area (Å²) in [5.41, 5.74) is 0.985. The topological polar surface area (TPSA) is 49.9 Å². The number of piperazine rings is 1.